The highest BCUT2D eigenvalue weighted by molar-refractivity contribution is 5.95. The van der Waals surface area contributed by atoms with Crippen molar-refractivity contribution < 1.29 is 9.59 Å². The highest BCUT2D eigenvalue weighted by atomic mass is 16.2. The molecule has 7 nitrogen and oxygen atoms in total. The number of hydrogen-bond donors (Lipinski definition) is 1. The molecular formula is C23H37N5O2. The number of nitrogens with one attached hydrogen (secondary N) is 1. The van der Waals surface area contributed by atoms with Crippen LogP contribution in [0.25, 0.3) is 0 Å². The maximum Gasteiger partial charge on any atom is 0.254 e. The maximum atomic E-state index is 13.1. The van der Waals surface area contributed by atoms with Crippen molar-refractivity contribution >= 4 is 11.8 Å². The van der Waals surface area contributed by atoms with Gasteiger partial charge in [-0.15, -0.1) is 0 Å². The van der Waals surface area contributed by atoms with E-state index in [9.17, 15) is 9.59 Å². The normalized spacial score (nSPS) is 20.7. The van der Waals surface area contributed by atoms with Gasteiger partial charge in [-0.2, -0.15) is 0 Å². The first kappa shape index (κ1) is 22.7. The van der Waals surface area contributed by atoms with E-state index < -0.39 is 0 Å². The highest BCUT2D eigenvalue weighted by Gasteiger charge is 2.31. The Balaban J connectivity index is 1.81. The van der Waals surface area contributed by atoms with Gasteiger partial charge in [-0.1, -0.05) is 25.7 Å². The van der Waals surface area contributed by atoms with Crippen LogP contribution in [0.4, 0.5) is 0 Å². The second kappa shape index (κ2) is 10.8. The van der Waals surface area contributed by atoms with Crippen molar-refractivity contribution in [3.63, 3.8) is 0 Å². The number of aryl methyl sites for hydroxylation is 1. The van der Waals surface area contributed by atoms with Crippen molar-refractivity contribution in [2.75, 3.05) is 26.2 Å². The van der Waals surface area contributed by atoms with Crippen molar-refractivity contribution in [2.24, 2.45) is 0 Å². The van der Waals surface area contributed by atoms with Gasteiger partial charge in [0.2, 0.25) is 5.91 Å². The van der Waals surface area contributed by atoms with Gasteiger partial charge in [0.05, 0.1) is 23.8 Å². The summed E-state index contributed by atoms with van der Waals surface area (Å²) < 4.78 is 0. The number of aromatic nitrogens is 2. The summed E-state index contributed by atoms with van der Waals surface area (Å²) >= 11 is 0. The van der Waals surface area contributed by atoms with Crippen LogP contribution in [0, 0.1) is 6.92 Å². The lowest BCUT2D eigenvalue weighted by Crippen LogP contribution is -2.44. The van der Waals surface area contributed by atoms with Crippen LogP contribution < -0.4 is 5.32 Å². The molecule has 1 aliphatic heterocycles. The van der Waals surface area contributed by atoms with E-state index >= 15 is 0 Å². The fraction of sp³-hybridized carbons (Fsp3) is 0.739. The summed E-state index contributed by atoms with van der Waals surface area (Å²) in [6.45, 7) is 8.54. The molecule has 30 heavy (non-hydrogen) atoms. The van der Waals surface area contributed by atoms with Gasteiger partial charge in [-0.05, 0) is 53.0 Å². The summed E-state index contributed by atoms with van der Waals surface area (Å²) in [6.07, 6.45) is 10.4. The Kier molecular flexibility index (Phi) is 8.19. The van der Waals surface area contributed by atoms with Crippen LogP contribution in [-0.4, -0.2) is 63.8 Å². The highest BCUT2D eigenvalue weighted by Crippen LogP contribution is 2.32. The average Bonchev–Trinajstić information content (AvgIpc) is 2.75. The molecule has 1 aromatic rings. The molecular weight excluding hydrogens is 378 g/mol. The number of piperidine rings is 1. The van der Waals surface area contributed by atoms with E-state index in [-0.39, 0.29) is 23.9 Å². The van der Waals surface area contributed by atoms with Crippen molar-refractivity contribution in [3.8, 4) is 0 Å². The first-order valence-electron chi connectivity index (χ1n) is 11.7. The van der Waals surface area contributed by atoms with Gasteiger partial charge in [-0.25, -0.2) is 9.97 Å². The molecule has 2 amide bonds. The molecule has 2 aliphatic rings. The van der Waals surface area contributed by atoms with Crippen LogP contribution >= 0.6 is 0 Å². The van der Waals surface area contributed by atoms with Crippen molar-refractivity contribution in [1.29, 1.82) is 0 Å². The van der Waals surface area contributed by atoms with Gasteiger partial charge in [0, 0.05) is 25.3 Å². The van der Waals surface area contributed by atoms with E-state index in [2.05, 4.69) is 15.2 Å². The zero-order valence-corrected chi connectivity index (χ0v) is 18.8. The Labute approximate surface area is 180 Å². The molecule has 1 unspecified atom stereocenters. The van der Waals surface area contributed by atoms with E-state index in [1.54, 1.807) is 6.20 Å². The third-order valence-electron chi connectivity index (χ3n) is 6.51. The molecule has 1 atom stereocenters. The lowest BCUT2D eigenvalue weighted by Gasteiger charge is -2.36. The molecule has 1 saturated carbocycles. The first-order valence-corrected chi connectivity index (χ1v) is 11.7. The lowest BCUT2D eigenvalue weighted by molar-refractivity contribution is -0.133. The summed E-state index contributed by atoms with van der Waals surface area (Å²) in [5.41, 5.74) is 1.35. The van der Waals surface area contributed by atoms with E-state index in [0.717, 1.165) is 57.4 Å². The summed E-state index contributed by atoms with van der Waals surface area (Å²) in [4.78, 5) is 39.0. The summed E-state index contributed by atoms with van der Waals surface area (Å²) in [6, 6.07) is 0.221. The largest absolute Gasteiger partial charge is 0.349 e. The quantitative estimate of drug-likeness (QED) is 0.740. The second-order valence-electron chi connectivity index (χ2n) is 8.57. The molecule has 0 aromatic carbocycles. The number of likely N-dealkylation sites (N-methyl/N-ethyl adjacent to an activating group) is 1. The Morgan fingerprint density at radius 2 is 1.80 bits per heavy atom. The standard InChI is InChI=1S/C23H37N5O2/c1-4-27(5-2)21(29)16-28-14-10-9-13-20(28)22-19(15-24-17(3)25-22)23(30)26-18-11-7-6-8-12-18/h15,18,20H,4-14,16H2,1-3H3,(H,26,30). The average molecular weight is 416 g/mol. The summed E-state index contributed by atoms with van der Waals surface area (Å²) in [7, 11) is 0. The minimum atomic E-state index is -0.0718. The summed E-state index contributed by atoms with van der Waals surface area (Å²) in [5.74, 6) is 0.739. The number of likely N-dealkylation sites (tertiary alicyclic amines) is 1. The zero-order chi connectivity index (χ0) is 21.5. The molecule has 1 aliphatic carbocycles. The topological polar surface area (TPSA) is 78.4 Å². The van der Waals surface area contributed by atoms with E-state index in [4.69, 9.17) is 4.98 Å². The third kappa shape index (κ3) is 5.56. The van der Waals surface area contributed by atoms with Crippen molar-refractivity contribution in [3.05, 3.63) is 23.3 Å². The Hall–Kier alpha value is -2.02. The molecule has 166 valence electrons. The van der Waals surface area contributed by atoms with Gasteiger partial charge >= 0.3 is 0 Å². The summed E-state index contributed by atoms with van der Waals surface area (Å²) in [5, 5.41) is 3.21. The van der Waals surface area contributed by atoms with Gasteiger partial charge in [0.15, 0.2) is 0 Å². The second-order valence-corrected chi connectivity index (χ2v) is 8.57. The monoisotopic (exact) mass is 415 g/mol. The molecule has 3 rings (SSSR count). The lowest BCUT2D eigenvalue weighted by atomic mass is 9.94. The van der Waals surface area contributed by atoms with Crippen molar-refractivity contribution in [1.82, 2.24) is 25.1 Å². The first-order chi connectivity index (χ1) is 14.5. The van der Waals surface area contributed by atoms with Gasteiger partial charge < -0.3 is 10.2 Å². The van der Waals surface area contributed by atoms with Crippen LogP contribution in [0.15, 0.2) is 6.20 Å². The molecule has 2 fully saturated rings. The van der Waals surface area contributed by atoms with Crippen LogP contribution in [0.2, 0.25) is 0 Å². The molecule has 0 bridgehead atoms. The SMILES string of the molecule is CCN(CC)C(=O)CN1CCCCC1c1nc(C)ncc1C(=O)NC1CCCCC1. The molecule has 7 heteroatoms. The van der Waals surface area contributed by atoms with E-state index in [1.807, 2.05) is 25.7 Å². The Morgan fingerprint density at radius 1 is 1.10 bits per heavy atom. The number of amides is 2. The van der Waals surface area contributed by atoms with Crippen LogP contribution in [0.1, 0.15) is 93.1 Å². The molecule has 1 saturated heterocycles. The minimum Gasteiger partial charge on any atom is -0.349 e. The predicted octanol–water partition coefficient (Wildman–Crippen LogP) is 3.24. The van der Waals surface area contributed by atoms with E-state index in [0.29, 0.717) is 17.9 Å². The maximum absolute atomic E-state index is 13.1. The molecule has 1 aromatic heterocycles. The predicted molar refractivity (Wildman–Crippen MR) is 117 cm³/mol. The fourth-order valence-corrected chi connectivity index (χ4v) is 4.77. The Bertz CT molecular complexity index is 728. The zero-order valence-electron chi connectivity index (χ0n) is 18.8. The van der Waals surface area contributed by atoms with Crippen LogP contribution in [0.5, 0.6) is 0 Å². The smallest absolute Gasteiger partial charge is 0.254 e. The van der Waals surface area contributed by atoms with Gasteiger partial charge in [0.25, 0.3) is 5.91 Å². The van der Waals surface area contributed by atoms with Crippen LogP contribution in [-0.2, 0) is 4.79 Å². The Morgan fingerprint density at radius 3 is 2.50 bits per heavy atom. The number of hydrogen-bond acceptors (Lipinski definition) is 5. The minimum absolute atomic E-state index is 0.0212. The fourth-order valence-electron chi connectivity index (χ4n) is 4.77. The third-order valence-corrected chi connectivity index (χ3v) is 6.51. The van der Waals surface area contributed by atoms with Gasteiger partial charge in [0.1, 0.15) is 5.82 Å². The number of nitrogens with zero attached hydrogens (tertiary/aromatic N) is 4. The number of carbonyl (C=O) groups is 2. The van der Waals surface area contributed by atoms with Gasteiger partial charge in [-0.3, -0.25) is 14.5 Å². The number of carbonyl (C=O) groups excluding carboxylic acids is 2. The van der Waals surface area contributed by atoms with Crippen LogP contribution in [0.3, 0.4) is 0 Å². The molecule has 0 radical (unpaired) electrons. The molecule has 1 N–H and O–H groups in total. The number of rotatable bonds is 7. The molecule has 2 heterocycles. The van der Waals surface area contributed by atoms with E-state index in [1.165, 1.54) is 19.3 Å². The molecule has 0 spiro atoms. The van der Waals surface area contributed by atoms with Crippen molar-refractivity contribution in [2.45, 2.75) is 84.2 Å².